The normalized spacial score (nSPS) is 18.0. The van der Waals surface area contributed by atoms with E-state index in [1.165, 1.54) is 0 Å². The Labute approximate surface area is 169 Å². The number of nitrogens with zero attached hydrogens (tertiary/aromatic N) is 3. The molecule has 0 spiro atoms. The lowest BCUT2D eigenvalue weighted by Crippen LogP contribution is -2.39. The van der Waals surface area contributed by atoms with Gasteiger partial charge >= 0.3 is 0 Å². The van der Waals surface area contributed by atoms with E-state index in [0.29, 0.717) is 12.3 Å². The quantitative estimate of drug-likeness (QED) is 0.668. The maximum Gasteiger partial charge on any atom is 0.223 e. The topological polar surface area (TPSA) is 78.3 Å². The Morgan fingerprint density at radius 2 is 1.93 bits per heavy atom. The molecule has 0 radical (unpaired) electrons. The van der Waals surface area contributed by atoms with Gasteiger partial charge < -0.3 is 14.8 Å². The highest BCUT2D eigenvalue weighted by molar-refractivity contribution is 5.79. The molecule has 1 aromatic heterocycles. The van der Waals surface area contributed by atoms with Gasteiger partial charge in [-0.15, -0.1) is 5.10 Å². The third-order valence-corrected chi connectivity index (χ3v) is 5.39. The fraction of sp³-hybridized carbons (Fsp3) is 0.318. The summed E-state index contributed by atoms with van der Waals surface area (Å²) in [5.74, 6) is 1.48. The maximum absolute atomic E-state index is 12.5. The second-order valence-electron chi connectivity index (χ2n) is 7.17. The molecule has 1 saturated carbocycles. The van der Waals surface area contributed by atoms with E-state index in [-0.39, 0.29) is 17.9 Å². The van der Waals surface area contributed by atoms with Crippen LogP contribution in [0.25, 0.3) is 11.3 Å². The van der Waals surface area contributed by atoms with Gasteiger partial charge in [-0.3, -0.25) is 4.79 Å². The lowest BCUT2D eigenvalue weighted by Gasteiger charge is -2.33. The molecule has 4 rings (SSSR count). The SMILES string of the molecule is COc1ccc(CNC(=O)C2CC(n3cc(-c4ccccc4)nn3)C2)c(OC)c1. The third kappa shape index (κ3) is 4.08. The van der Waals surface area contributed by atoms with E-state index in [2.05, 4.69) is 15.6 Å². The molecule has 0 atom stereocenters. The smallest absolute Gasteiger partial charge is 0.223 e. The molecule has 0 bridgehead atoms. The van der Waals surface area contributed by atoms with Crippen LogP contribution in [0.1, 0.15) is 24.4 Å². The maximum atomic E-state index is 12.5. The number of methoxy groups -OCH3 is 2. The molecule has 3 aromatic rings. The molecule has 1 aliphatic rings. The van der Waals surface area contributed by atoms with Crippen molar-refractivity contribution >= 4 is 5.91 Å². The number of nitrogens with one attached hydrogen (secondary N) is 1. The molecule has 2 aromatic carbocycles. The Hall–Kier alpha value is -3.35. The van der Waals surface area contributed by atoms with Gasteiger partial charge in [0.15, 0.2) is 0 Å². The average molecular weight is 392 g/mol. The number of carbonyl (C=O) groups is 1. The number of benzene rings is 2. The fourth-order valence-corrected chi connectivity index (χ4v) is 3.54. The lowest BCUT2D eigenvalue weighted by molar-refractivity contribution is -0.129. The van der Waals surface area contributed by atoms with Crippen LogP contribution in [0.2, 0.25) is 0 Å². The van der Waals surface area contributed by atoms with Gasteiger partial charge in [-0.25, -0.2) is 4.68 Å². The van der Waals surface area contributed by atoms with Crippen molar-refractivity contribution in [2.45, 2.75) is 25.4 Å². The molecule has 7 nitrogen and oxygen atoms in total. The molecular formula is C22H24N4O3. The second kappa shape index (κ2) is 8.34. The molecule has 0 aliphatic heterocycles. The molecule has 0 unspecified atom stereocenters. The van der Waals surface area contributed by atoms with Crippen LogP contribution in [0.4, 0.5) is 0 Å². The van der Waals surface area contributed by atoms with Crippen molar-refractivity contribution in [3.63, 3.8) is 0 Å². The zero-order valence-electron chi connectivity index (χ0n) is 16.5. The molecule has 1 aliphatic carbocycles. The minimum absolute atomic E-state index is 0.00591. The first-order valence-corrected chi connectivity index (χ1v) is 9.64. The standard InChI is InChI=1S/C22H24N4O3/c1-28-19-9-8-16(21(12-19)29-2)13-23-22(27)17-10-18(11-17)26-14-20(24-25-26)15-6-4-3-5-7-15/h3-9,12,14,17-18H,10-11,13H2,1-2H3,(H,23,27). The highest BCUT2D eigenvalue weighted by Gasteiger charge is 2.36. The van der Waals surface area contributed by atoms with Crippen molar-refractivity contribution in [3.05, 3.63) is 60.3 Å². The van der Waals surface area contributed by atoms with Crippen molar-refractivity contribution in [2.24, 2.45) is 5.92 Å². The molecule has 1 N–H and O–H groups in total. The Kier molecular flexibility index (Phi) is 5.46. The minimum atomic E-state index is -0.00591. The van der Waals surface area contributed by atoms with Crippen LogP contribution >= 0.6 is 0 Å². The molecule has 1 heterocycles. The largest absolute Gasteiger partial charge is 0.497 e. The monoisotopic (exact) mass is 392 g/mol. The van der Waals surface area contributed by atoms with Crippen molar-refractivity contribution in [1.82, 2.24) is 20.3 Å². The first-order valence-electron chi connectivity index (χ1n) is 9.64. The summed E-state index contributed by atoms with van der Waals surface area (Å²) in [7, 11) is 3.22. The first kappa shape index (κ1) is 19.0. The van der Waals surface area contributed by atoms with Gasteiger partial charge in [-0.2, -0.15) is 0 Å². The van der Waals surface area contributed by atoms with Crippen LogP contribution in [0.15, 0.2) is 54.7 Å². The van der Waals surface area contributed by atoms with Crippen LogP contribution in [0, 0.1) is 5.92 Å². The van der Waals surface area contributed by atoms with E-state index in [9.17, 15) is 4.79 Å². The van der Waals surface area contributed by atoms with E-state index < -0.39 is 0 Å². The summed E-state index contributed by atoms with van der Waals surface area (Å²) < 4.78 is 12.5. The van der Waals surface area contributed by atoms with Gasteiger partial charge in [-0.05, 0) is 25.0 Å². The number of hydrogen-bond donors (Lipinski definition) is 1. The van der Waals surface area contributed by atoms with E-state index in [1.807, 2.05) is 59.4 Å². The minimum Gasteiger partial charge on any atom is -0.497 e. The Morgan fingerprint density at radius 1 is 1.14 bits per heavy atom. The molecule has 0 saturated heterocycles. The summed E-state index contributed by atoms with van der Waals surface area (Å²) in [6.07, 6.45) is 3.49. The number of rotatable bonds is 7. The summed E-state index contributed by atoms with van der Waals surface area (Å²) in [6, 6.07) is 15.8. The molecule has 1 amide bonds. The van der Waals surface area contributed by atoms with Crippen LogP contribution in [0.5, 0.6) is 11.5 Å². The van der Waals surface area contributed by atoms with Crippen LogP contribution in [-0.4, -0.2) is 35.1 Å². The van der Waals surface area contributed by atoms with Crippen LogP contribution in [-0.2, 0) is 11.3 Å². The van der Waals surface area contributed by atoms with Crippen molar-refractivity contribution in [3.8, 4) is 22.8 Å². The number of carbonyl (C=O) groups excluding carboxylic acids is 1. The zero-order valence-corrected chi connectivity index (χ0v) is 16.5. The number of amides is 1. The van der Waals surface area contributed by atoms with Gasteiger partial charge in [0.25, 0.3) is 0 Å². The fourth-order valence-electron chi connectivity index (χ4n) is 3.54. The first-order chi connectivity index (χ1) is 14.2. The Morgan fingerprint density at radius 3 is 2.66 bits per heavy atom. The summed E-state index contributed by atoms with van der Waals surface area (Å²) in [5, 5.41) is 11.5. The molecule has 1 fully saturated rings. The lowest BCUT2D eigenvalue weighted by atomic mass is 9.79. The number of hydrogen-bond acceptors (Lipinski definition) is 5. The van der Waals surface area contributed by atoms with Gasteiger partial charge in [-0.1, -0.05) is 35.5 Å². The van der Waals surface area contributed by atoms with E-state index in [4.69, 9.17) is 9.47 Å². The highest BCUT2D eigenvalue weighted by Crippen LogP contribution is 2.38. The van der Waals surface area contributed by atoms with Crippen LogP contribution < -0.4 is 14.8 Å². The molecule has 7 heteroatoms. The summed E-state index contributed by atoms with van der Waals surface area (Å²) in [6.45, 7) is 0.425. The number of aromatic nitrogens is 3. The zero-order chi connectivity index (χ0) is 20.2. The van der Waals surface area contributed by atoms with E-state index in [1.54, 1.807) is 14.2 Å². The molecular weight excluding hydrogens is 368 g/mol. The Bertz CT molecular complexity index is 981. The third-order valence-electron chi connectivity index (χ3n) is 5.39. The van der Waals surface area contributed by atoms with Crippen molar-refractivity contribution < 1.29 is 14.3 Å². The van der Waals surface area contributed by atoms with Crippen LogP contribution in [0.3, 0.4) is 0 Å². The van der Waals surface area contributed by atoms with Gasteiger partial charge in [0.1, 0.15) is 17.2 Å². The predicted molar refractivity (Wildman–Crippen MR) is 109 cm³/mol. The van der Waals surface area contributed by atoms with Gasteiger partial charge in [0.05, 0.1) is 26.5 Å². The Balaban J connectivity index is 1.30. The van der Waals surface area contributed by atoms with Crippen molar-refractivity contribution in [2.75, 3.05) is 14.2 Å². The average Bonchev–Trinajstić information content (AvgIpc) is 3.21. The highest BCUT2D eigenvalue weighted by atomic mass is 16.5. The summed E-state index contributed by atoms with van der Waals surface area (Å²) in [5.41, 5.74) is 2.81. The van der Waals surface area contributed by atoms with Gasteiger partial charge in [0.2, 0.25) is 5.91 Å². The second-order valence-corrected chi connectivity index (χ2v) is 7.17. The molecule has 29 heavy (non-hydrogen) atoms. The van der Waals surface area contributed by atoms with Gasteiger partial charge in [0, 0.05) is 29.7 Å². The number of ether oxygens (including phenoxy) is 2. The summed E-state index contributed by atoms with van der Waals surface area (Å²) in [4.78, 5) is 12.5. The predicted octanol–water partition coefficient (Wildman–Crippen LogP) is 3.23. The molecule has 150 valence electrons. The van der Waals surface area contributed by atoms with E-state index >= 15 is 0 Å². The van der Waals surface area contributed by atoms with Crippen molar-refractivity contribution in [1.29, 1.82) is 0 Å². The van der Waals surface area contributed by atoms with E-state index in [0.717, 1.165) is 35.4 Å². The summed E-state index contributed by atoms with van der Waals surface area (Å²) >= 11 is 0.